The summed E-state index contributed by atoms with van der Waals surface area (Å²) in [6, 6.07) is 10.6. The first-order valence-electron chi connectivity index (χ1n) is 15.2. The summed E-state index contributed by atoms with van der Waals surface area (Å²) in [5.41, 5.74) is 2.52. The van der Waals surface area contributed by atoms with Crippen molar-refractivity contribution in [2.45, 2.75) is 64.8 Å². The van der Waals surface area contributed by atoms with Gasteiger partial charge in [0.15, 0.2) is 23.4 Å². The first kappa shape index (κ1) is 33.0. The molecule has 0 radical (unpaired) electrons. The molecule has 2 aromatic carbocycles. The van der Waals surface area contributed by atoms with Crippen molar-refractivity contribution in [2.75, 3.05) is 31.7 Å². The van der Waals surface area contributed by atoms with Crippen molar-refractivity contribution in [3.63, 3.8) is 0 Å². The monoisotopic (exact) mass is 634 g/mol. The van der Waals surface area contributed by atoms with Crippen LogP contribution in [0.5, 0.6) is 5.75 Å². The molecule has 2 aromatic heterocycles. The molecular weight excluding hydrogens is 594 g/mol. The molecular formula is C35H40F2N4O5. The fourth-order valence-corrected chi connectivity index (χ4v) is 5.76. The predicted molar refractivity (Wildman–Crippen MR) is 172 cm³/mol. The van der Waals surface area contributed by atoms with Crippen LogP contribution in [0.3, 0.4) is 0 Å². The molecule has 1 aliphatic rings. The summed E-state index contributed by atoms with van der Waals surface area (Å²) in [5, 5.41) is 15.3. The Morgan fingerprint density at radius 2 is 1.80 bits per heavy atom. The lowest BCUT2D eigenvalue weighted by Gasteiger charge is -2.41. The van der Waals surface area contributed by atoms with Gasteiger partial charge >= 0.3 is 5.97 Å². The Balaban J connectivity index is 1.66. The molecule has 4 aromatic rings. The molecule has 0 aliphatic carbocycles. The number of piperidine rings is 1. The van der Waals surface area contributed by atoms with E-state index >= 15 is 0 Å². The van der Waals surface area contributed by atoms with E-state index in [2.05, 4.69) is 18.4 Å². The van der Waals surface area contributed by atoms with Gasteiger partial charge in [0, 0.05) is 42.0 Å². The van der Waals surface area contributed by atoms with E-state index < -0.39 is 29.3 Å². The zero-order valence-corrected chi connectivity index (χ0v) is 27.1. The van der Waals surface area contributed by atoms with Crippen LogP contribution in [-0.4, -0.2) is 63.7 Å². The van der Waals surface area contributed by atoms with E-state index in [0.717, 1.165) is 25.0 Å². The van der Waals surface area contributed by atoms with Gasteiger partial charge in [0.1, 0.15) is 11.6 Å². The van der Waals surface area contributed by atoms with E-state index in [9.17, 15) is 18.7 Å². The van der Waals surface area contributed by atoms with Crippen molar-refractivity contribution in [1.82, 2.24) is 14.6 Å². The number of rotatable bonds is 9. The van der Waals surface area contributed by atoms with Crippen LogP contribution in [-0.2, 0) is 19.0 Å². The number of ether oxygens (including phenoxy) is 3. The van der Waals surface area contributed by atoms with E-state index in [1.54, 1.807) is 28.8 Å². The topological polar surface area (TPSA) is 98.4 Å². The zero-order valence-electron chi connectivity index (χ0n) is 27.1. The summed E-state index contributed by atoms with van der Waals surface area (Å²) in [6.07, 6.45) is 2.11. The van der Waals surface area contributed by atoms with Gasteiger partial charge in [0.05, 0.1) is 36.2 Å². The molecule has 0 unspecified atom stereocenters. The van der Waals surface area contributed by atoms with Crippen LogP contribution < -0.4 is 4.90 Å². The lowest BCUT2D eigenvalue weighted by Crippen LogP contribution is -2.45. The van der Waals surface area contributed by atoms with Gasteiger partial charge in [0.25, 0.3) is 0 Å². The first-order valence-corrected chi connectivity index (χ1v) is 15.2. The number of methoxy groups -OCH3 is 1. The minimum absolute atomic E-state index is 0.150. The number of hydrogen-bond acceptors (Lipinski definition) is 8. The molecule has 0 amide bonds. The predicted octanol–water partition coefficient (Wildman–Crippen LogP) is 6.95. The van der Waals surface area contributed by atoms with Crippen LogP contribution >= 0.6 is 0 Å². The number of aromatic hydroxyl groups is 1. The number of esters is 1. The van der Waals surface area contributed by atoms with Crippen molar-refractivity contribution >= 4 is 17.4 Å². The minimum Gasteiger partial charge on any atom is -0.507 e. The molecule has 3 heterocycles. The molecule has 1 saturated heterocycles. The van der Waals surface area contributed by atoms with E-state index in [4.69, 9.17) is 24.3 Å². The Bertz CT molecular complexity index is 1770. The minimum atomic E-state index is -1.13. The molecule has 11 heteroatoms. The molecule has 0 spiro atoms. The van der Waals surface area contributed by atoms with E-state index in [0.29, 0.717) is 59.2 Å². The van der Waals surface area contributed by atoms with Crippen LogP contribution in [0.1, 0.15) is 57.9 Å². The molecule has 0 saturated carbocycles. The number of fused-ring (bicyclic) bond motifs is 1. The average molecular weight is 635 g/mol. The number of carbonyl (C=O) groups is 1. The van der Waals surface area contributed by atoms with Gasteiger partial charge < -0.3 is 24.2 Å². The standard InChI is InChI=1S/C35H40F2N4O5/c1-8-16-45-35(6)12-14-40(15-13-35)32-30(31(33(43)44-7)46-34(3,4)5)21(2)38-29-20-27(39-41(29)32)23-11-9-10-22(17-23)24-18-25(36)26(37)19-28(24)42/h8-11,17-20,31,42H,1,12-16H2,2-7H3/t31-/m0/s1. The average Bonchev–Trinajstić information content (AvgIpc) is 3.43. The summed E-state index contributed by atoms with van der Waals surface area (Å²) in [7, 11) is 1.33. The number of carbonyl (C=O) groups excluding carboxylic acids is 1. The molecule has 1 atom stereocenters. The number of nitrogens with zero attached hydrogens (tertiary/aromatic N) is 4. The Labute approximate surface area is 267 Å². The quantitative estimate of drug-likeness (QED) is 0.156. The second-order valence-electron chi connectivity index (χ2n) is 12.8. The summed E-state index contributed by atoms with van der Waals surface area (Å²) in [6.45, 7) is 15.0. The molecule has 46 heavy (non-hydrogen) atoms. The number of phenols is 1. The van der Waals surface area contributed by atoms with Crippen molar-refractivity contribution in [1.29, 1.82) is 0 Å². The molecule has 1 N–H and O–H groups in total. The van der Waals surface area contributed by atoms with E-state index in [1.807, 2.05) is 39.8 Å². The summed E-state index contributed by atoms with van der Waals surface area (Å²) >= 11 is 0. The lowest BCUT2D eigenvalue weighted by atomic mass is 9.92. The maximum atomic E-state index is 14.1. The molecule has 1 fully saturated rings. The molecule has 0 bridgehead atoms. The lowest BCUT2D eigenvalue weighted by molar-refractivity contribution is -0.164. The molecule has 244 valence electrons. The van der Waals surface area contributed by atoms with Crippen molar-refractivity contribution < 1.29 is 32.9 Å². The number of aromatic nitrogens is 3. The zero-order chi connectivity index (χ0) is 33.4. The number of aryl methyl sites for hydroxylation is 1. The van der Waals surface area contributed by atoms with Crippen LogP contribution in [0.2, 0.25) is 0 Å². The van der Waals surface area contributed by atoms with Gasteiger partial charge in [-0.3, -0.25) is 0 Å². The largest absolute Gasteiger partial charge is 0.507 e. The van der Waals surface area contributed by atoms with E-state index in [-0.39, 0.29) is 16.9 Å². The van der Waals surface area contributed by atoms with Gasteiger partial charge in [0.2, 0.25) is 0 Å². The summed E-state index contributed by atoms with van der Waals surface area (Å²) < 4.78 is 47.2. The Morgan fingerprint density at radius 3 is 2.46 bits per heavy atom. The van der Waals surface area contributed by atoms with Crippen LogP contribution in [0.25, 0.3) is 28.0 Å². The fraction of sp³-hybridized carbons (Fsp3) is 0.400. The van der Waals surface area contributed by atoms with Crippen LogP contribution in [0.15, 0.2) is 55.1 Å². The number of halogens is 2. The van der Waals surface area contributed by atoms with Gasteiger partial charge in [-0.25, -0.2) is 18.6 Å². The second kappa shape index (κ2) is 12.8. The molecule has 5 rings (SSSR count). The summed E-state index contributed by atoms with van der Waals surface area (Å²) in [5.74, 6) is -2.46. The van der Waals surface area contributed by atoms with Crippen molar-refractivity contribution in [3.05, 3.63) is 78.0 Å². The highest BCUT2D eigenvalue weighted by Crippen LogP contribution is 2.39. The Kier molecular flexibility index (Phi) is 9.19. The highest BCUT2D eigenvalue weighted by molar-refractivity contribution is 5.81. The molecule has 1 aliphatic heterocycles. The number of phenolic OH excluding ortho intramolecular Hbond substituents is 1. The van der Waals surface area contributed by atoms with Gasteiger partial charge in [-0.05, 0) is 65.2 Å². The smallest absolute Gasteiger partial charge is 0.339 e. The van der Waals surface area contributed by atoms with Crippen LogP contribution in [0.4, 0.5) is 14.6 Å². The second-order valence-corrected chi connectivity index (χ2v) is 12.8. The van der Waals surface area contributed by atoms with E-state index in [1.165, 1.54) is 7.11 Å². The van der Waals surface area contributed by atoms with Gasteiger partial charge in [-0.1, -0.05) is 24.3 Å². The number of benzene rings is 2. The van der Waals surface area contributed by atoms with Gasteiger partial charge in [-0.15, -0.1) is 6.58 Å². The first-order chi connectivity index (χ1) is 21.7. The SMILES string of the molecule is C=CCOC1(C)CCN(c2c([C@H](OC(C)(C)C)C(=O)OC)c(C)nc3cc(-c4cccc(-c5cc(F)c(F)cc5O)c4)nn23)CC1. The molecule has 9 nitrogen and oxygen atoms in total. The maximum absolute atomic E-state index is 14.1. The third-order valence-electron chi connectivity index (χ3n) is 8.13. The number of anilines is 1. The van der Waals surface area contributed by atoms with Crippen molar-refractivity contribution in [2.24, 2.45) is 0 Å². The summed E-state index contributed by atoms with van der Waals surface area (Å²) in [4.78, 5) is 20.3. The Hall–Kier alpha value is -4.35. The fourth-order valence-electron chi connectivity index (χ4n) is 5.76. The highest BCUT2D eigenvalue weighted by atomic mass is 19.2. The third kappa shape index (κ3) is 6.75. The number of hydrogen-bond donors (Lipinski definition) is 1. The van der Waals surface area contributed by atoms with Gasteiger partial charge in [-0.2, -0.15) is 9.61 Å². The van der Waals surface area contributed by atoms with Crippen LogP contribution in [0, 0.1) is 18.6 Å². The third-order valence-corrected chi connectivity index (χ3v) is 8.13. The van der Waals surface area contributed by atoms with Crippen molar-refractivity contribution in [3.8, 4) is 28.1 Å². The maximum Gasteiger partial charge on any atom is 0.339 e. The Morgan fingerprint density at radius 1 is 1.13 bits per heavy atom. The normalized spacial score (nSPS) is 15.6. The highest BCUT2D eigenvalue weighted by Gasteiger charge is 2.38.